The Hall–Kier alpha value is -1.15. The number of rotatable bonds is 4. The fourth-order valence-electron chi connectivity index (χ4n) is 1.89. The van der Waals surface area contributed by atoms with Crippen molar-refractivity contribution in [2.45, 2.75) is 31.7 Å². The molecule has 0 spiro atoms. The van der Waals surface area contributed by atoms with E-state index in [2.05, 4.69) is 14.9 Å². The molecule has 1 aliphatic heterocycles. The highest BCUT2D eigenvalue weighted by molar-refractivity contribution is 7.99. The number of carboxylic acids is 1. The lowest BCUT2D eigenvalue weighted by Gasteiger charge is -2.24. The molecule has 1 unspecified atom stereocenters. The van der Waals surface area contributed by atoms with Crippen molar-refractivity contribution in [3.05, 3.63) is 10.6 Å². The number of hydrogen-bond acceptors (Lipinski definition) is 6. The highest BCUT2D eigenvalue weighted by Gasteiger charge is 2.44. The molecule has 1 aromatic heterocycles. The Bertz CT molecular complexity index is 495. The summed E-state index contributed by atoms with van der Waals surface area (Å²) in [7, 11) is 0. The van der Waals surface area contributed by atoms with Gasteiger partial charge in [-0.2, -0.15) is 11.8 Å². The van der Waals surface area contributed by atoms with E-state index in [9.17, 15) is 14.7 Å². The average Bonchev–Trinajstić information content (AvgIpc) is 2.97. The molecule has 19 heavy (non-hydrogen) atoms. The van der Waals surface area contributed by atoms with Gasteiger partial charge in [0.25, 0.3) is 5.91 Å². The summed E-state index contributed by atoms with van der Waals surface area (Å²) in [4.78, 5) is 24.0. The molecule has 1 fully saturated rings. The van der Waals surface area contributed by atoms with Crippen LogP contribution < -0.4 is 5.32 Å². The van der Waals surface area contributed by atoms with Gasteiger partial charge in [-0.05, 0) is 29.6 Å². The number of nitrogens with zero attached hydrogens (tertiary/aromatic N) is 2. The summed E-state index contributed by atoms with van der Waals surface area (Å²) >= 11 is 2.54. The molecule has 2 N–H and O–H groups in total. The molecule has 1 amide bonds. The number of aromatic nitrogens is 2. The molecule has 0 aromatic carbocycles. The zero-order chi connectivity index (χ0) is 14.0. The van der Waals surface area contributed by atoms with E-state index in [1.165, 1.54) is 11.8 Å². The fourth-order valence-corrected chi connectivity index (χ4v) is 3.93. The second-order valence-corrected chi connectivity index (χ2v) is 6.65. The minimum absolute atomic E-state index is 0.0817. The van der Waals surface area contributed by atoms with Crippen molar-refractivity contribution in [3.8, 4) is 0 Å². The highest BCUT2D eigenvalue weighted by Crippen LogP contribution is 2.29. The molecule has 1 aliphatic rings. The number of amides is 1. The quantitative estimate of drug-likeness (QED) is 0.872. The van der Waals surface area contributed by atoms with Gasteiger partial charge in [-0.1, -0.05) is 18.3 Å². The second-order valence-electron chi connectivity index (χ2n) is 4.79. The molecule has 0 radical (unpaired) electrons. The van der Waals surface area contributed by atoms with Crippen molar-refractivity contribution < 1.29 is 14.7 Å². The Morgan fingerprint density at radius 2 is 2.21 bits per heavy atom. The van der Waals surface area contributed by atoms with Gasteiger partial charge in [0.15, 0.2) is 0 Å². The van der Waals surface area contributed by atoms with E-state index in [4.69, 9.17) is 0 Å². The van der Waals surface area contributed by atoms with Gasteiger partial charge >= 0.3 is 5.97 Å². The number of carbonyl (C=O) groups excluding carboxylic acids is 1. The standard InChI is InChI=1S/C11H15N3O3S2/c1-6(2)7-8(19-14-13-7)9(15)12-11(10(16)17)3-4-18-5-11/h6H,3-5H2,1-2H3,(H,12,15)(H,16,17). The number of thioether (sulfide) groups is 1. The first-order valence-electron chi connectivity index (χ1n) is 5.92. The van der Waals surface area contributed by atoms with E-state index in [0.29, 0.717) is 22.7 Å². The van der Waals surface area contributed by atoms with E-state index in [0.717, 1.165) is 17.3 Å². The molecule has 0 saturated carbocycles. The zero-order valence-electron chi connectivity index (χ0n) is 10.7. The van der Waals surface area contributed by atoms with E-state index in [1.54, 1.807) is 0 Å². The van der Waals surface area contributed by atoms with Crippen LogP contribution in [0.2, 0.25) is 0 Å². The maximum absolute atomic E-state index is 12.2. The molecule has 104 valence electrons. The minimum atomic E-state index is -1.15. The van der Waals surface area contributed by atoms with Gasteiger partial charge < -0.3 is 10.4 Å². The van der Waals surface area contributed by atoms with Gasteiger partial charge in [0.05, 0.1) is 5.69 Å². The van der Waals surface area contributed by atoms with Crippen LogP contribution >= 0.6 is 23.3 Å². The number of carbonyl (C=O) groups is 2. The molecule has 2 rings (SSSR count). The molecular formula is C11H15N3O3S2. The van der Waals surface area contributed by atoms with Crippen LogP contribution in [0, 0.1) is 0 Å². The Morgan fingerprint density at radius 1 is 1.47 bits per heavy atom. The first-order valence-corrected chi connectivity index (χ1v) is 7.85. The Labute approximate surface area is 119 Å². The molecular weight excluding hydrogens is 286 g/mol. The van der Waals surface area contributed by atoms with Gasteiger partial charge in [0.1, 0.15) is 10.4 Å². The number of hydrogen-bond donors (Lipinski definition) is 2. The van der Waals surface area contributed by atoms with Crippen molar-refractivity contribution in [1.82, 2.24) is 14.9 Å². The van der Waals surface area contributed by atoms with Gasteiger partial charge in [-0.3, -0.25) is 4.79 Å². The number of nitrogens with one attached hydrogen (secondary N) is 1. The Kier molecular flexibility index (Phi) is 4.10. The van der Waals surface area contributed by atoms with Crippen LogP contribution in [-0.2, 0) is 4.79 Å². The summed E-state index contributed by atoms with van der Waals surface area (Å²) < 4.78 is 3.78. The van der Waals surface area contributed by atoms with Crippen LogP contribution in [0.5, 0.6) is 0 Å². The molecule has 0 aliphatic carbocycles. The zero-order valence-corrected chi connectivity index (χ0v) is 12.3. The molecule has 1 aromatic rings. The first kappa shape index (κ1) is 14.3. The smallest absolute Gasteiger partial charge is 0.330 e. The summed E-state index contributed by atoms with van der Waals surface area (Å²) in [5.41, 5.74) is -0.534. The average molecular weight is 301 g/mol. The Morgan fingerprint density at radius 3 is 2.74 bits per heavy atom. The maximum atomic E-state index is 12.2. The summed E-state index contributed by atoms with van der Waals surface area (Å²) in [5, 5.41) is 15.9. The summed E-state index contributed by atoms with van der Waals surface area (Å²) in [6.07, 6.45) is 0.446. The van der Waals surface area contributed by atoms with Crippen molar-refractivity contribution in [2.75, 3.05) is 11.5 Å². The SMILES string of the molecule is CC(C)c1nnsc1C(=O)NC1(C(=O)O)CCSC1. The fraction of sp³-hybridized carbons (Fsp3) is 0.636. The van der Waals surface area contributed by atoms with Gasteiger partial charge in [-0.15, -0.1) is 5.10 Å². The van der Waals surface area contributed by atoms with Crippen LogP contribution in [0.3, 0.4) is 0 Å². The summed E-state index contributed by atoms with van der Waals surface area (Å²) in [6.45, 7) is 3.85. The van der Waals surface area contributed by atoms with E-state index < -0.39 is 11.5 Å². The third-order valence-electron chi connectivity index (χ3n) is 3.05. The van der Waals surface area contributed by atoms with Crippen LogP contribution in [0.25, 0.3) is 0 Å². The van der Waals surface area contributed by atoms with Crippen LogP contribution in [-0.4, -0.2) is 43.6 Å². The highest BCUT2D eigenvalue weighted by atomic mass is 32.2. The van der Waals surface area contributed by atoms with E-state index in [-0.39, 0.29) is 11.8 Å². The predicted octanol–water partition coefficient (Wildman–Crippen LogP) is 1.35. The third-order valence-corrected chi connectivity index (χ3v) is 4.98. The summed E-state index contributed by atoms with van der Waals surface area (Å²) in [5.74, 6) is -0.140. The van der Waals surface area contributed by atoms with Gasteiger partial charge in [-0.25, -0.2) is 4.79 Å². The van der Waals surface area contributed by atoms with Crippen molar-refractivity contribution >= 4 is 35.2 Å². The molecule has 0 bridgehead atoms. The topological polar surface area (TPSA) is 92.2 Å². The molecule has 2 heterocycles. The summed E-state index contributed by atoms with van der Waals surface area (Å²) in [6, 6.07) is 0. The number of carboxylic acid groups (broad SMARTS) is 1. The van der Waals surface area contributed by atoms with E-state index >= 15 is 0 Å². The lowest BCUT2D eigenvalue weighted by molar-refractivity contribution is -0.143. The van der Waals surface area contributed by atoms with E-state index in [1.807, 2.05) is 13.8 Å². The predicted molar refractivity (Wildman–Crippen MR) is 73.8 cm³/mol. The van der Waals surface area contributed by atoms with Crippen LogP contribution in [0.1, 0.15) is 41.6 Å². The second kappa shape index (κ2) is 5.46. The molecule has 6 nitrogen and oxygen atoms in total. The number of aliphatic carboxylic acids is 1. The Balaban J connectivity index is 2.20. The van der Waals surface area contributed by atoms with Crippen LogP contribution in [0.15, 0.2) is 0 Å². The normalized spacial score (nSPS) is 22.7. The molecule has 1 atom stereocenters. The van der Waals surface area contributed by atoms with Gasteiger partial charge in [0.2, 0.25) is 0 Å². The largest absolute Gasteiger partial charge is 0.479 e. The maximum Gasteiger partial charge on any atom is 0.330 e. The van der Waals surface area contributed by atoms with Crippen molar-refractivity contribution in [2.24, 2.45) is 0 Å². The van der Waals surface area contributed by atoms with Crippen LogP contribution in [0.4, 0.5) is 0 Å². The van der Waals surface area contributed by atoms with Gasteiger partial charge in [0, 0.05) is 5.75 Å². The molecule has 1 saturated heterocycles. The van der Waals surface area contributed by atoms with Crippen molar-refractivity contribution in [3.63, 3.8) is 0 Å². The third kappa shape index (κ3) is 2.74. The minimum Gasteiger partial charge on any atom is -0.479 e. The van der Waals surface area contributed by atoms with Crippen molar-refractivity contribution in [1.29, 1.82) is 0 Å². The molecule has 8 heteroatoms. The first-order chi connectivity index (χ1) is 8.96. The lowest BCUT2D eigenvalue weighted by atomic mass is 9.99. The monoisotopic (exact) mass is 301 g/mol. The lowest BCUT2D eigenvalue weighted by Crippen LogP contribution is -2.54.